The summed E-state index contributed by atoms with van der Waals surface area (Å²) in [6.45, 7) is 2.08. The van der Waals surface area contributed by atoms with Crippen molar-refractivity contribution in [3.05, 3.63) is 77.1 Å². The van der Waals surface area contributed by atoms with Gasteiger partial charge >= 0.3 is 0 Å². The topological polar surface area (TPSA) is 38.1 Å². The van der Waals surface area contributed by atoms with Crippen LogP contribution in [0.25, 0.3) is 11.1 Å². The van der Waals surface area contributed by atoms with Crippen LogP contribution in [-0.2, 0) is 7.05 Å². The largest absolute Gasteiger partial charge is 0.329 e. The molecule has 0 aliphatic heterocycles. The van der Waals surface area contributed by atoms with E-state index < -0.39 is 0 Å². The van der Waals surface area contributed by atoms with Gasteiger partial charge in [-0.25, -0.2) is 0 Å². The summed E-state index contributed by atoms with van der Waals surface area (Å²) in [5.41, 5.74) is 3.95. The number of hydrogen-bond donors (Lipinski definition) is 0. The average Bonchev–Trinajstić information content (AvgIpc) is 3.45. The maximum atomic E-state index is 13.2. The first-order valence-electron chi connectivity index (χ1n) is 9.22. The summed E-state index contributed by atoms with van der Waals surface area (Å²) in [7, 11) is 1.77. The standard InChI is InChI=1S/C22H22ClN3O/c1-15(16-8-10-18(11-9-16)17-6-4-3-5-7-17)26(19-12-13-19)22(27)20-14-25(2)24-21(20)23/h3-11,14-15,19H,12-13H2,1-2H3. The molecule has 1 aliphatic carbocycles. The van der Waals surface area contributed by atoms with Gasteiger partial charge in [0.05, 0.1) is 11.6 Å². The molecule has 0 bridgehead atoms. The van der Waals surface area contributed by atoms with E-state index in [0.717, 1.165) is 18.4 Å². The first kappa shape index (κ1) is 17.8. The second-order valence-corrected chi connectivity index (χ2v) is 7.47. The number of carbonyl (C=O) groups is 1. The van der Waals surface area contributed by atoms with Gasteiger partial charge in [0, 0.05) is 19.3 Å². The van der Waals surface area contributed by atoms with Gasteiger partial charge in [0.1, 0.15) is 0 Å². The molecule has 4 nitrogen and oxygen atoms in total. The predicted octanol–water partition coefficient (Wildman–Crippen LogP) is 5.11. The Balaban J connectivity index is 1.60. The Morgan fingerprint density at radius 1 is 1.11 bits per heavy atom. The lowest BCUT2D eigenvalue weighted by Crippen LogP contribution is -2.35. The highest BCUT2D eigenvalue weighted by Crippen LogP contribution is 2.36. The van der Waals surface area contributed by atoms with E-state index >= 15 is 0 Å². The molecule has 1 unspecified atom stereocenters. The Hall–Kier alpha value is -2.59. The maximum Gasteiger partial charge on any atom is 0.259 e. The summed E-state index contributed by atoms with van der Waals surface area (Å²) in [5.74, 6) is -0.0461. The molecule has 1 saturated carbocycles. The lowest BCUT2D eigenvalue weighted by Gasteiger charge is -2.29. The van der Waals surface area contributed by atoms with Gasteiger partial charge in [-0.05, 0) is 36.5 Å². The van der Waals surface area contributed by atoms with Crippen LogP contribution in [0.4, 0.5) is 0 Å². The number of benzene rings is 2. The molecule has 0 radical (unpaired) electrons. The SMILES string of the molecule is CC(c1ccc(-c2ccccc2)cc1)N(C(=O)c1cn(C)nc1Cl)C1CC1. The van der Waals surface area contributed by atoms with E-state index in [-0.39, 0.29) is 23.1 Å². The summed E-state index contributed by atoms with van der Waals surface area (Å²) in [6, 6.07) is 19.0. The Kier molecular flexibility index (Phi) is 4.75. The zero-order chi connectivity index (χ0) is 19.0. The van der Waals surface area contributed by atoms with E-state index in [1.165, 1.54) is 11.1 Å². The number of rotatable bonds is 5. The lowest BCUT2D eigenvalue weighted by atomic mass is 10.0. The van der Waals surface area contributed by atoms with E-state index in [0.29, 0.717) is 5.56 Å². The number of carbonyl (C=O) groups excluding carboxylic acids is 1. The van der Waals surface area contributed by atoms with E-state index in [9.17, 15) is 4.79 Å². The smallest absolute Gasteiger partial charge is 0.259 e. The maximum absolute atomic E-state index is 13.2. The molecule has 4 rings (SSSR count). The van der Waals surface area contributed by atoms with Crippen LogP contribution in [0.3, 0.4) is 0 Å². The van der Waals surface area contributed by atoms with Crippen molar-refractivity contribution >= 4 is 17.5 Å². The quantitative estimate of drug-likeness (QED) is 0.618. The average molecular weight is 380 g/mol. The summed E-state index contributed by atoms with van der Waals surface area (Å²) >= 11 is 6.17. The highest BCUT2D eigenvalue weighted by molar-refractivity contribution is 6.32. The van der Waals surface area contributed by atoms with Crippen LogP contribution in [0.5, 0.6) is 0 Å². The fourth-order valence-electron chi connectivity index (χ4n) is 3.50. The summed E-state index contributed by atoms with van der Waals surface area (Å²) in [5, 5.41) is 4.37. The fourth-order valence-corrected chi connectivity index (χ4v) is 3.75. The number of halogens is 1. The van der Waals surface area contributed by atoms with Crippen molar-refractivity contribution in [3.63, 3.8) is 0 Å². The summed E-state index contributed by atoms with van der Waals surface area (Å²) in [6.07, 6.45) is 3.78. The molecule has 0 spiro atoms. The minimum absolute atomic E-state index is 0.0221. The number of aryl methyl sites for hydroxylation is 1. The van der Waals surface area contributed by atoms with Gasteiger partial charge in [-0.15, -0.1) is 0 Å². The van der Waals surface area contributed by atoms with Gasteiger partial charge in [0.15, 0.2) is 5.15 Å². The van der Waals surface area contributed by atoms with Crippen molar-refractivity contribution in [1.29, 1.82) is 0 Å². The molecular weight excluding hydrogens is 358 g/mol. The van der Waals surface area contributed by atoms with Crippen molar-refractivity contribution in [2.45, 2.75) is 31.8 Å². The Morgan fingerprint density at radius 3 is 2.30 bits per heavy atom. The Bertz CT molecular complexity index is 945. The molecule has 5 heteroatoms. The molecule has 3 aromatic rings. The first-order valence-corrected chi connectivity index (χ1v) is 9.59. The van der Waals surface area contributed by atoms with Crippen LogP contribution in [0.15, 0.2) is 60.8 Å². The second kappa shape index (κ2) is 7.20. The number of nitrogens with zero attached hydrogens (tertiary/aromatic N) is 3. The first-order chi connectivity index (χ1) is 13.0. The van der Waals surface area contributed by atoms with E-state index in [2.05, 4.69) is 48.4 Å². The van der Waals surface area contributed by atoms with Crippen molar-refractivity contribution in [1.82, 2.24) is 14.7 Å². The molecule has 0 saturated heterocycles. The second-order valence-electron chi connectivity index (χ2n) is 7.11. The molecule has 1 amide bonds. The zero-order valence-corrected chi connectivity index (χ0v) is 16.2. The van der Waals surface area contributed by atoms with Crippen molar-refractivity contribution in [2.24, 2.45) is 7.05 Å². The van der Waals surface area contributed by atoms with E-state index in [1.807, 2.05) is 23.1 Å². The molecule has 1 heterocycles. The van der Waals surface area contributed by atoms with Crippen LogP contribution >= 0.6 is 11.6 Å². The molecule has 0 N–H and O–H groups in total. The minimum Gasteiger partial charge on any atom is -0.329 e. The third kappa shape index (κ3) is 3.62. The number of hydrogen-bond acceptors (Lipinski definition) is 2. The van der Waals surface area contributed by atoms with Crippen LogP contribution in [-0.4, -0.2) is 26.6 Å². The summed E-state index contributed by atoms with van der Waals surface area (Å²) < 4.78 is 1.58. The molecule has 1 fully saturated rings. The van der Waals surface area contributed by atoms with Crippen LogP contribution in [0.2, 0.25) is 5.15 Å². The third-order valence-electron chi connectivity index (χ3n) is 5.11. The monoisotopic (exact) mass is 379 g/mol. The molecule has 138 valence electrons. The van der Waals surface area contributed by atoms with Gasteiger partial charge in [0.2, 0.25) is 0 Å². The van der Waals surface area contributed by atoms with E-state index in [1.54, 1.807) is 17.9 Å². The molecule has 2 aromatic carbocycles. The summed E-state index contributed by atoms with van der Waals surface area (Å²) in [4.78, 5) is 15.1. The van der Waals surface area contributed by atoms with Crippen molar-refractivity contribution < 1.29 is 4.79 Å². The van der Waals surface area contributed by atoms with Crippen molar-refractivity contribution in [2.75, 3.05) is 0 Å². The zero-order valence-electron chi connectivity index (χ0n) is 15.5. The molecule has 1 aromatic heterocycles. The third-order valence-corrected chi connectivity index (χ3v) is 5.39. The van der Waals surface area contributed by atoms with Crippen LogP contribution in [0, 0.1) is 0 Å². The Labute approximate surface area is 164 Å². The number of aromatic nitrogens is 2. The van der Waals surface area contributed by atoms with Crippen molar-refractivity contribution in [3.8, 4) is 11.1 Å². The van der Waals surface area contributed by atoms with Crippen LogP contribution < -0.4 is 0 Å². The molecule has 27 heavy (non-hydrogen) atoms. The van der Waals surface area contributed by atoms with Gasteiger partial charge in [-0.2, -0.15) is 5.10 Å². The van der Waals surface area contributed by atoms with Gasteiger partial charge in [-0.3, -0.25) is 9.48 Å². The molecule has 1 aliphatic rings. The fraction of sp³-hybridized carbons (Fsp3) is 0.273. The normalized spacial score (nSPS) is 14.8. The highest BCUT2D eigenvalue weighted by atomic mass is 35.5. The van der Waals surface area contributed by atoms with Gasteiger partial charge in [-0.1, -0.05) is 66.2 Å². The Morgan fingerprint density at radius 2 is 1.74 bits per heavy atom. The predicted molar refractivity (Wildman–Crippen MR) is 108 cm³/mol. The lowest BCUT2D eigenvalue weighted by molar-refractivity contribution is 0.0674. The molecular formula is C22H22ClN3O. The minimum atomic E-state index is -0.0461. The van der Waals surface area contributed by atoms with Gasteiger partial charge < -0.3 is 4.90 Å². The molecule has 1 atom stereocenters. The highest BCUT2D eigenvalue weighted by Gasteiger charge is 2.37. The number of amides is 1. The van der Waals surface area contributed by atoms with E-state index in [4.69, 9.17) is 11.6 Å². The van der Waals surface area contributed by atoms with Gasteiger partial charge in [0.25, 0.3) is 5.91 Å². The van der Waals surface area contributed by atoms with Crippen LogP contribution in [0.1, 0.15) is 41.7 Å².